The van der Waals surface area contributed by atoms with Gasteiger partial charge in [-0.15, -0.1) is 0 Å². The number of rotatable bonds is 10. The summed E-state index contributed by atoms with van der Waals surface area (Å²) in [6, 6.07) is 7.39. The van der Waals surface area contributed by atoms with E-state index in [4.69, 9.17) is 10.5 Å². The molecule has 0 aromatic heterocycles. The summed E-state index contributed by atoms with van der Waals surface area (Å²) in [7, 11) is 1.59. The van der Waals surface area contributed by atoms with E-state index in [0.717, 1.165) is 17.6 Å². The fraction of sp³-hybridized carbons (Fsp3) is 0.550. The zero-order valence-electron chi connectivity index (χ0n) is 16.3. The third kappa shape index (κ3) is 5.86. The first-order valence-corrected chi connectivity index (χ1v) is 8.77. The molecule has 0 bridgehead atoms. The van der Waals surface area contributed by atoms with E-state index in [2.05, 4.69) is 0 Å². The van der Waals surface area contributed by atoms with E-state index >= 15 is 0 Å². The lowest BCUT2D eigenvalue weighted by molar-refractivity contribution is -0.142. The molecule has 26 heavy (non-hydrogen) atoms. The third-order valence-electron chi connectivity index (χ3n) is 4.57. The van der Waals surface area contributed by atoms with E-state index in [9.17, 15) is 14.4 Å². The lowest BCUT2D eigenvalue weighted by atomic mass is 9.88. The minimum absolute atomic E-state index is 0.0164. The second-order valence-electron chi connectivity index (χ2n) is 7.54. The molecule has 6 nitrogen and oxygen atoms in total. The molecule has 2 N–H and O–H groups in total. The van der Waals surface area contributed by atoms with Crippen molar-refractivity contribution in [2.75, 3.05) is 13.7 Å². The Morgan fingerprint density at radius 3 is 2.23 bits per heavy atom. The highest BCUT2D eigenvalue weighted by atomic mass is 16.5. The number of hydrogen-bond donors (Lipinski definition) is 1. The topological polar surface area (TPSA) is 89.7 Å². The van der Waals surface area contributed by atoms with Crippen molar-refractivity contribution in [3.8, 4) is 5.75 Å². The summed E-state index contributed by atoms with van der Waals surface area (Å²) >= 11 is 0. The lowest BCUT2D eigenvalue weighted by Gasteiger charge is -2.34. The molecule has 0 aliphatic rings. The molecule has 0 fully saturated rings. The average molecular weight is 362 g/mol. The second-order valence-corrected chi connectivity index (χ2v) is 7.54. The molecular formula is C20H30N2O4. The molecule has 0 unspecified atom stereocenters. The van der Waals surface area contributed by atoms with E-state index in [0.29, 0.717) is 6.54 Å². The van der Waals surface area contributed by atoms with Crippen LogP contribution >= 0.6 is 0 Å². The molecule has 0 aliphatic carbocycles. The van der Waals surface area contributed by atoms with Crippen LogP contribution in [0.4, 0.5) is 0 Å². The van der Waals surface area contributed by atoms with Crippen molar-refractivity contribution in [3.63, 3.8) is 0 Å². The van der Waals surface area contributed by atoms with Gasteiger partial charge in [-0.1, -0.05) is 26.0 Å². The van der Waals surface area contributed by atoms with Gasteiger partial charge in [-0.3, -0.25) is 9.59 Å². The van der Waals surface area contributed by atoms with Gasteiger partial charge in [0.15, 0.2) is 0 Å². The van der Waals surface area contributed by atoms with Gasteiger partial charge in [-0.25, -0.2) is 0 Å². The van der Waals surface area contributed by atoms with Crippen LogP contribution in [0, 0.1) is 17.3 Å². The Morgan fingerprint density at radius 2 is 1.81 bits per heavy atom. The van der Waals surface area contributed by atoms with Crippen LogP contribution in [0.1, 0.15) is 39.7 Å². The normalized spacial score (nSPS) is 12.5. The maximum Gasteiger partial charge on any atom is 0.226 e. The number of ether oxygens (including phenoxy) is 1. The van der Waals surface area contributed by atoms with Crippen LogP contribution in [0.5, 0.6) is 5.75 Å². The molecule has 0 heterocycles. The molecule has 1 rings (SSSR count). The van der Waals surface area contributed by atoms with Crippen molar-refractivity contribution in [1.29, 1.82) is 0 Å². The first kappa shape index (κ1) is 21.7. The second kappa shape index (κ2) is 9.36. The van der Waals surface area contributed by atoms with Crippen LogP contribution in [0.3, 0.4) is 0 Å². The smallest absolute Gasteiger partial charge is 0.226 e. The highest BCUT2D eigenvalue weighted by molar-refractivity contribution is 5.84. The fourth-order valence-corrected chi connectivity index (χ4v) is 2.71. The van der Waals surface area contributed by atoms with Crippen molar-refractivity contribution in [2.24, 2.45) is 23.0 Å². The largest absolute Gasteiger partial charge is 0.497 e. The number of benzene rings is 1. The molecule has 1 aromatic carbocycles. The van der Waals surface area contributed by atoms with Crippen molar-refractivity contribution in [2.45, 2.75) is 40.7 Å². The number of carbonyl (C=O) groups excluding carboxylic acids is 3. The Labute approximate surface area is 155 Å². The summed E-state index contributed by atoms with van der Waals surface area (Å²) in [6.45, 7) is 7.78. The minimum atomic E-state index is -0.870. The number of amides is 2. The highest BCUT2D eigenvalue weighted by Crippen LogP contribution is 2.24. The van der Waals surface area contributed by atoms with Crippen molar-refractivity contribution < 1.29 is 19.1 Å². The number of nitrogens with zero attached hydrogens (tertiary/aromatic N) is 1. The zero-order chi connectivity index (χ0) is 19.9. The summed E-state index contributed by atoms with van der Waals surface area (Å²) in [5.41, 5.74) is 5.53. The Hall–Kier alpha value is -2.37. The standard InChI is InChI=1S/C20H30N2O4/c1-14(2)17(10-11-23)18(24)22(13-20(3,4)19(21)25)12-15-6-8-16(26-5)9-7-15/h6-9,11,14,17H,10,12-13H2,1-5H3,(H2,21,25)/t17-/m0/s1. The lowest BCUT2D eigenvalue weighted by Crippen LogP contribution is -2.47. The predicted octanol–water partition coefficient (Wildman–Crippen LogP) is 2.40. The van der Waals surface area contributed by atoms with E-state index in [-0.39, 0.29) is 24.8 Å². The third-order valence-corrected chi connectivity index (χ3v) is 4.57. The monoisotopic (exact) mass is 362 g/mol. The number of methoxy groups -OCH3 is 1. The van der Waals surface area contributed by atoms with E-state index in [1.54, 1.807) is 25.9 Å². The van der Waals surface area contributed by atoms with Gasteiger partial charge in [0.2, 0.25) is 11.8 Å². The fourth-order valence-electron chi connectivity index (χ4n) is 2.71. The van der Waals surface area contributed by atoms with E-state index < -0.39 is 17.2 Å². The Bertz CT molecular complexity index is 623. The van der Waals surface area contributed by atoms with Gasteiger partial charge in [0, 0.05) is 25.4 Å². The SMILES string of the molecule is COc1ccc(CN(CC(C)(C)C(N)=O)C(=O)[C@@H](CC=O)C(C)C)cc1. The van der Waals surface area contributed by atoms with Gasteiger partial charge in [0.25, 0.3) is 0 Å². The maximum atomic E-state index is 13.1. The quantitative estimate of drug-likeness (QED) is 0.647. The molecule has 1 atom stereocenters. The zero-order valence-corrected chi connectivity index (χ0v) is 16.3. The number of carbonyl (C=O) groups is 3. The van der Waals surface area contributed by atoms with Gasteiger partial charge in [-0.2, -0.15) is 0 Å². The molecule has 2 amide bonds. The van der Waals surface area contributed by atoms with Crippen LogP contribution in [0.2, 0.25) is 0 Å². The Morgan fingerprint density at radius 1 is 1.23 bits per heavy atom. The molecule has 144 valence electrons. The van der Waals surface area contributed by atoms with Gasteiger partial charge < -0.3 is 20.2 Å². The van der Waals surface area contributed by atoms with E-state index in [1.165, 1.54) is 0 Å². The number of primary amides is 1. The summed E-state index contributed by atoms with van der Waals surface area (Å²) in [5, 5.41) is 0. The van der Waals surface area contributed by atoms with Crippen LogP contribution in [0.15, 0.2) is 24.3 Å². The summed E-state index contributed by atoms with van der Waals surface area (Å²) in [4.78, 5) is 37.5. The maximum absolute atomic E-state index is 13.1. The van der Waals surface area contributed by atoms with Crippen molar-refractivity contribution in [1.82, 2.24) is 4.90 Å². The van der Waals surface area contributed by atoms with Crippen LogP contribution in [-0.4, -0.2) is 36.7 Å². The minimum Gasteiger partial charge on any atom is -0.497 e. The van der Waals surface area contributed by atoms with Gasteiger partial charge >= 0.3 is 0 Å². The Balaban J connectivity index is 3.12. The van der Waals surface area contributed by atoms with Gasteiger partial charge in [0.1, 0.15) is 12.0 Å². The molecule has 0 saturated carbocycles. The van der Waals surface area contributed by atoms with Crippen molar-refractivity contribution >= 4 is 18.1 Å². The van der Waals surface area contributed by atoms with Crippen LogP contribution in [-0.2, 0) is 20.9 Å². The highest BCUT2D eigenvalue weighted by Gasteiger charge is 2.33. The summed E-state index contributed by atoms with van der Waals surface area (Å²) in [5.74, 6) is -0.291. The first-order chi connectivity index (χ1) is 12.1. The molecule has 0 saturated heterocycles. The van der Waals surface area contributed by atoms with Crippen LogP contribution in [0.25, 0.3) is 0 Å². The number of hydrogen-bond acceptors (Lipinski definition) is 4. The van der Waals surface area contributed by atoms with Crippen molar-refractivity contribution in [3.05, 3.63) is 29.8 Å². The molecule has 0 aliphatic heterocycles. The summed E-state index contributed by atoms with van der Waals surface area (Å²) in [6.07, 6.45) is 0.931. The molecule has 0 spiro atoms. The average Bonchev–Trinajstić information content (AvgIpc) is 2.58. The number of nitrogens with two attached hydrogens (primary N) is 1. The van der Waals surface area contributed by atoms with Gasteiger partial charge in [0.05, 0.1) is 12.5 Å². The van der Waals surface area contributed by atoms with Crippen LogP contribution < -0.4 is 10.5 Å². The predicted molar refractivity (Wildman–Crippen MR) is 100 cm³/mol. The number of aldehydes is 1. The molecular weight excluding hydrogens is 332 g/mol. The molecule has 1 aromatic rings. The summed E-state index contributed by atoms with van der Waals surface area (Å²) < 4.78 is 5.15. The Kier molecular flexibility index (Phi) is 7.80. The molecule has 0 radical (unpaired) electrons. The van der Waals surface area contributed by atoms with Gasteiger partial charge in [-0.05, 0) is 37.5 Å². The van der Waals surface area contributed by atoms with E-state index in [1.807, 2.05) is 38.1 Å². The first-order valence-electron chi connectivity index (χ1n) is 8.77. The molecule has 6 heteroatoms.